The van der Waals surface area contributed by atoms with Gasteiger partial charge in [0.2, 0.25) is 0 Å². The topological polar surface area (TPSA) is 78.9 Å². The second-order valence-electron chi connectivity index (χ2n) is 8.15. The van der Waals surface area contributed by atoms with Crippen molar-refractivity contribution in [3.63, 3.8) is 0 Å². The molecule has 0 atom stereocenters. The predicted molar refractivity (Wildman–Crippen MR) is 135 cm³/mol. The molecule has 1 heterocycles. The number of aromatic nitrogens is 2. The highest BCUT2D eigenvalue weighted by Gasteiger charge is 2.10. The van der Waals surface area contributed by atoms with Crippen LogP contribution in [-0.2, 0) is 0 Å². The van der Waals surface area contributed by atoms with Gasteiger partial charge in [-0.05, 0) is 75.7 Å². The smallest absolute Gasteiger partial charge is 0.255 e. The number of hydrogen-bond donors (Lipinski definition) is 3. The molecule has 6 nitrogen and oxygen atoms in total. The van der Waals surface area contributed by atoms with Gasteiger partial charge in [0, 0.05) is 28.7 Å². The number of carbonyl (C=O) groups excluding carboxylic acids is 1. The molecule has 3 aromatic carbocycles. The normalized spacial score (nSPS) is 10.5. The van der Waals surface area contributed by atoms with Crippen molar-refractivity contribution in [2.45, 2.75) is 27.7 Å². The molecule has 33 heavy (non-hydrogen) atoms. The Balaban J connectivity index is 1.43. The van der Waals surface area contributed by atoms with Crippen LogP contribution in [0, 0.1) is 27.7 Å². The molecule has 166 valence electrons. The fourth-order valence-electron chi connectivity index (χ4n) is 3.53. The number of nitrogens with zero attached hydrogens (tertiary/aromatic N) is 2. The maximum atomic E-state index is 12.6. The number of benzene rings is 3. The van der Waals surface area contributed by atoms with E-state index >= 15 is 0 Å². The van der Waals surface area contributed by atoms with Crippen LogP contribution in [0.15, 0.2) is 72.8 Å². The average Bonchev–Trinajstić information content (AvgIpc) is 2.76. The van der Waals surface area contributed by atoms with Crippen molar-refractivity contribution in [3.05, 3.63) is 101 Å². The minimum Gasteiger partial charge on any atom is -0.340 e. The monoisotopic (exact) mass is 437 g/mol. The van der Waals surface area contributed by atoms with Gasteiger partial charge in [-0.15, -0.1) is 0 Å². The summed E-state index contributed by atoms with van der Waals surface area (Å²) in [7, 11) is 0. The molecular weight excluding hydrogens is 410 g/mol. The number of aryl methyl sites for hydroxylation is 4. The lowest BCUT2D eigenvalue weighted by Gasteiger charge is -2.12. The van der Waals surface area contributed by atoms with Crippen LogP contribution < -0.4 is 16.0 Å². The third-order valence-electron chi connectivity index (χ3n) is 5.20. The number of rotatable bonds is 6. The van der Waals surface area contributed by atoms with Crippen LogP contribution in [0.2, 0.25) is 0 Å². The minimum absolute atomic E-state index is 0.119. The van der Waals surface area contributed by atoms with E-state index in [1.807, 2.05) is 81.4 Å². The second-order valence-corrected chi connectivity index (χ2v) is 8.15. The summed E-state index contributed by atoms with van der Waals surface area (Å²) in [6.45, 7) is 7.87. The summed E-state index contributed by atoms with van der Waals surface area (Å²) in [4.78, 5) is 21.6. The van der Waals surface area contributed by atoms with Gasteiger partial charge in [0.25, 0.3) is 5.91 Å². The molecule has 1 aromatic heterocycles. The Labute approximate surface area is 194 Å². The molecule has 1 amide bonds. The molecule has 0 saturated heterocycles. The molecule has 0 aliphatic heterocycles. The lowest BCUT2D eigenvalue weighted by atomic mass is 10.1. The highest BCUT2D eigenvalue weighted by Crippen LogP contribution is 2.22. The highest BCUT2D eigenvalue weighted by atomic mass is 16.1. The van der Waals surface area contributed by atoms with Gasteiger partial charge in [0.05, 0.1) is 0 Å². The van der Waals surface area contributed by atoms with Gasteiger partial charge in [-0.2, -0.15) is 0 Å². The first-order valence-electron chi connectivity index (χ1n) is 10.8. The van der Waals surface area contributed by atoms with Crippen molar-refractivity contribution in [2.75, 3.05) is 16.0 Å². The second kappa shape index (κ2) is 9.53. The molecule has 0 fully saturated rings. The number of anilines is 5. The molecule has 3 N–H and O–H groups in total. The zero-order valence-electron chi connectivity index (χ0n) is 19.2. The third-order valence-corrected chi connectivity index (χ3v) is 5.20. The first-order valence-corrected chi connectivity index (χ1v) is 10.8. The first-order chi connectivity index (χ1) is 15.9. The maximum Gasteiger partial charge on any atom is 0.255 e. The average molecular weight is 438 g/mol. The summed E-state index contributed by atoms with van der Waals surface area (Å²) in [6.07, 6.45) is 0. The summed E-state index contributed by atoms with van der Waals surface area (Å²) in [6, 6.07) is 23.4. The van der Waals surface area contributed by atoms with E-state index in [4.69, 9.17) is 0 Å². The number of hydrogen-bond acceptors (Lipinski definition) is 5. The molecule has 0 radical (unpaired) electrons. The Kier molecular flexibility index (Phi) is 6.36. The summed E-state index contributed by atoms with van der Waals surface area (Å²) >= 11 is 0. The van der Waals surface area contributed by atoms with Gasteiger partial charge in [0.15, 0.2) is 0 Å². The predicted octanol–water partition coefficient (Wildman–Crippen LogP) is 6.45. The summed E-state index contributed by atoms with van der Waals surface area (Å²) in [5.41, 5.74) is 6.53. The molecule has 6 heteroatoms. The first kappa shape index (κ1) is 22.0. The van der Waals surface area contributed by atoms with Gasteiger partial charge in [-0.1, -0.05) is 35.4 Å². The van der Waals surface area contributed by atoms with Gasteiger partial charge in [-0.25, -0.2) is 9.97 Å². The van der Waals surface area contributed by atoms with Crippen LogP contribution in [0.1, 0.15) is 32.9 Å². The molecule has 0 saturated carbocycles. The Morgan fingerprint density at radius 1 is 0.636 bits per heavy atom. The van der Waals surface area contributed by atoms with Crippen LogP contribution in [0.3, 0.4) is 0 Å². The molecule has 4 rings (SSSR count). The maximum absolute atomic E-state index is 12.6. The third kappa shape index (κ3) is 5.74. The molecule has 0 bridgehead atoms. The Bertz CT molecular complexity index is 1280. The van der Waals surface area contributed by atoms with Crippen LogP contribution >= 0.6 is 0 Å². The van der Waals surface area contributed by atoms with Crippen molar-refractivity contribution in [1.29, 1.82) is 0 Å². The van der Waals surface area contributed by atoms with Gasteiger partial charge >= 0.3 is 0 Å². The van der Waals surface area contributed by atoms with E-state index in [9.17, 15) is 4.79 Å². The van der Waals surface area contributed by atoms with Crippen LogP contribution in [0.25, 0.3) is 0 Å². The number of carbonyl (C=O) groups is 1. The van der Waals surface area contributed by atoms with Crippen LogP contribution in [0.4, 0.5) is 28.7 Å². The summed E-state index contributed by atoms with van der Waals surface area (Å²) < 4.78 is 0. The highest BCUT2D eigenvalue weighted by molar-refractivity contribution is 6.05. The Morgan fingerprint density at radius 3 is 1.73 bits per heavy atom. The lowest BCUT2D eigenvalue weighted by Crippen LogP contribution is -2.13. The molecule has 0 unspecified atom stereocenters. The summed E-state index contributed by atoms with van der Waals surface area (Å²) in [5.74, 6) is 1.94. The molecule has 0 spiro atoms. The van der Waals surface area contributed by atoms with E-state index < -0.39 is 0 Å². The van der Waals surface area contributed by atoms with Gasteiger partial charge < -0.3 is 16.0 Å². The number of amides is 1. The van der Waals surface area contributed by atoms with E-state index in [2.05, 4.69) is 45.0 Å². The van der Waals surface area contributed by atoms with E-state index in [0.717, 1.165) is 28.2 Å². The van der Waals surface area contributed by atoms with Crippen molar-refractivity contribution in [2.24, 2.45) is 0 Å². The van der Waals surface area contributed by atoms with Crippen molar-refractivity contribution >= 4 is 34.6 Å². The van der Waals surface area contributed by atoms with Crippen molar-refractivity contribution in [3.8, 4) is 0 Å². The lowest BCUT2D eigenvalue weighted by molar-refractivity contribution is 0.102. The fourth-order valence-corrected chi connectivity index (χ4v) is 3.53. The van der Waals surface area contributed by atoms with Crippen LogP contribution in [0.5, 0.6) is 0 Å². The summed E-state index contributed by atoms with van der Waals surface area (Å²) in [5, 5.41) is 9.57. The van der Waals surface area contributed by atoms with E-state index in [1.54, 1.807) is 0 Å². The van der Waals surface area contributed by atoms with E-state index in [1.165, 1.54) is 5.56 Å². The van der Waals surface area contributed by atoms with Gasteiger partial charge in [-0.3, -0.25) is 4.79 Å². The fraction of sp³-hybridized carbons (Fsp3) is 0.148. The zero-order chi connectivity index (χ0) is 23.4. The standard InChI is InChI=1S/C27H27N5O/c1-17-5-8-21(9-6-17)30-25-16-26(29-20(4)28-25)31-22-10-12-23(13-11-22)32-27(33)24-14-7-18(2)15-19(24)3/h5-16H,1-4H3,(H,32,33)(H2,28,29,30,31). The zero-order valence-corrected chi connectivity index (χ0v) is 19.2. The quantitative estimate of drug-likeness (QED) is 0.323. The molecular formula is C27H27N5O. The largest absolute Gasteiger partial charge is 0.340 e. The van der Waals surface area contributed by atoms with Crippen molar-refractivity contribution < 1.29 is 4.79 Å². The van der Waals surface area contributed by atoms with Crippen LogP contribution in [-0.4, -0.2) is 15.9 Å². The minimum atomic E-state index is -0.119. The molecule has 0 aliphatic rings. The van der Waals surface area contributed by atoms with Crippen molar-refractivity contribution in [1.82, 2.24) is 9.97 Å². The van der Waals surface area contributed by atoms with Gasteiger partial charge in [0.1, 0.15) is 17.5 Å². The van der Waals surface area contributed by atoms with E-state index in [0.29, 0.717) is 23.0 Å². The molecule has 0 aliphatic carbocycles. The molecule has 4 aromatic rings. The Morgan fingerprint density at radius 2 is 1.15 bits per heavy atom. The van der Waals surface area contributed by atoms with E-state index in [-0.39, 0.29) is 5.91 Å². The SMILES string of the molecule is Cc1ccc(Nc2cc(Nc3ccc(NC(=O)c4ccc(C)cc4C)cc3)nc(C)n2)cc1. The Hall–Kier alpha value is -4.19. The number of nitrogens with one attached hydrogen (secondary N) is 3.